The van der Waals surface area contributed by atoms with Crippen molar-refractivity contribution in [3.05, 3.63) is 60.8 Å². The first-order chi connectivity index (χ1) is 27.5. The molecular weight excluding hydrogens is 697 g/mol. The highest BCUT2D eigenvalue weighted by atomic mass is 16.6. The zero-order chi connectivity index (χ0) is 40.8. The summed E-state index contributed by atoms with van der Waals surface area (Å²) < 4.78 is 16.7. The maximum absolute atomic E-state index is 12.7. The molecule has 0 aromatic rings. The summed E-state index contributed by atoms with van der Waals surface area (Å²) in [6, 6.07) is 0. The fourth-order valence-corrected chi connectivity index (χ4v) is 6.30. The molecule has 0 rings (SSSR count). The molecule has 0 amide bonds. The van der Waals surface area contributed by atoms with Crippen molar-refractivity contribution >= 4 is 17.9 Å². The van der Waals surface area contributed by atoms with E-state index in [2.05, 4.69) is 81.5 Å². The summed E-state index contributed by atoms with van der Waals surface area (Å²) in [7, 11) is 0. The highest BCUT2D eigenvalue weighted by Gasteiger charge is 2.19. The lowest BCUT2D eigenvalue weighted by molar-refractivity contribution is -0.167. The molecule has 0 heterocycles. The summed E-state index contributed by atoms with van der Waals surface area (Å²) in [4.78, 5) is 37.7. The van der Waals surface area contributed by atoms with Crippen molar-refractivity contribution in [2.75, 3.05) is 13.2 Å². The number of carbonyl (C=O) groups excluding carboxylic acids is 3. The Morgan fingerprint density at radius 3 is 1.09 bits per heavy atom. The van der Waals surface area contributed by atoms with Gasteiger partial charge in [0.1, 0.15) is 13.2 Å². The number of allylic oxidation sites excluding steroid dienone is 10. The number of hydrogen-bond donors (Lipinski definition) is 0. The molecule has 0 N–H and O–H groups in total. The van der Waals surface area contributed by atoms with Crippen LogP contribution in [0, 0.1) is 0 Å². The lowest BCUT2D eigenvalue weighted by Gasteiger charge is -2.18. The molecule has 0 spiro atoms. The molecule has 0 fully saturated rings. The molecule has 1 atom stereocenters. The van der Waals surface area contributed by atoms with Gasteiger partial charge >= 0.3 is 17.9 Å². The molecule has 1 unspecified atom stereocenters. The van der Waals surface area contributed by atoms with Crippen molar-refractivity contribution in [1.82, 2.24) is 0 Å². The normalized spacial score (nSPS) is 12.6. The van der Waals surface area contributed by atoms with Crippen LogP contribution in [-0.4, -0.2) is 37.2 Å². The standard InChI is InChI=1S/C50H86O6/c1-4-7-10-13-16-19-22-23-24-25-26-27-29-31-34-37-40-43-49(52)55-46-47(45-54-48(51)42-39-36-33-30-21-18-15-12-9-6-3)56-50(53)44-41-38-35-32-28-20-17-14-11-8-5-2/h7,10,16,19,23-24,26-27,31,34,47H,4-6,8-9,11-15,17-18,20-22,25,28-30,32-33,35-46H2,1-3H3/b10-7-,19-16-,24-23-,27-26-,34-31-. The molecular formula is C50H86O6. The van der Waals surface area contributed by atoms with Gasteiger partial charge in [0.25, 0.3) is 0 Å². The van der Waals surface area contributed by atoms with Crippen LogP contribution in [0.15, 0.2) is 60.8 Å². The molecule has 0 bridgehead atoms. The summed E-state index contributed by atoms with van der Waals surface area (Å²) in [6.45, 7) is 6.44. The van der Waals surface area contributed by atoms with Crippen LogP contribution in [0.4, 0.5) is 0 Å². The number of esters is 3. The van der Waals surface area contributed by atoms with Crippen LogP contribution in [0.1, 0.15) is 220 Å². The quantitative estimate of drug-likeness (QED) is 0.0266. The highest BCUT2D eigenvalue weighted by Crippen LogP contribution is 2.14. The van der Waals surface area contributed by atoms with Crippen LogP contribution in [-0.2, 0) is 28.6 Å². The summed E-state index contributed by atoms with van der Waals surface area (Å²) in [6.07, 6.45) is 53.5. The van der Waals surface area contributed by atoms with Gasteiger partial charge in [-0.25, -0.2) is 0 Å². The number of rotatable bonds is 41. The second kappa shape index (κ2) is 44.8. The smallest absolute Gasteiger partial charge is 0.306 e. The van der Waals surface area contributed by atoms with Gasteiger partial charge in [0.2, 0.25) is 0 Å². The van der Waals surface area contributed by atoms with Gasteiger partial charge in [-0.3, -0.25) is 14.4 Å². The largest absolute Gasteiger partial charge is 0.462 e. The van der Waals surface area contributed by atoms with Crippen molar-refractivity contribution in [3.63, 3.8) is 0 Å². The molecule has 0 aromatic carbocycles. The van der Waals surface area contributed by atoms with Gasteiger partial charge in [0.05, 0.1) is 0 Å². The van der Waals surface area contributed by atoms with Crippen molar-refractivity contribution in [3.8, 4) is 0 Å². The molecule has 0 saturated heterocycles. The molecule has 0 radical (unpaired) electrons. The van der Waals surface area contributed by atoms with E-state index < -0.39 is 6.10 Å². The van der Waals surface area contributed by atoms with Crippen LogP contribution >= 0.6 is 0 Å². The Balaban J connectivity index is 4.44. The van der Waals surface area contributed by atoms with E-state index in [-0.39, 0.29) is 37.5 Å². The van der Waals surface area contributed by atoms with E-state index in [0.717, 1.165) is 77.0 Å². The molecule has 0 aliphatic rings. The number of carbonyl (C=O) groups is 3. The minimum Gasteiger partial charge on any atom is -0.462 e. The fourth-order valence-electron chi connectivity index (χ4n) is 6.30. The van der Waals surface area contributed by atoms with Crippen molar-refractivity contribution in [1.29, 1.82) is 0 Å². The maximum Gasteiger partial charge on any atom is 0.306 e. The summed E-state index contributed by atoms with van der Waals surface area (Å²) in [5, 5.41) is 0. The van der Waals surface area contributed by atoms with Crippen LogP contribution in [0.25, 0.3) is 0 Å². The van der Waals surface area contributed by atoms with Crippen molar-refractivity contribution in [2.45, 2.75) is 226 Å². The predicted molar refractivity (Wildman–Crippen MR) is 238 cm³/mol. The van der Waals surface area contributed by atoms with E-state index in [1.54, 1.807) is 0 Å². The van der Waals surface area contributed by atoms with Gasteiger partial charge in [-0.15, -0.1) is 0 Å². The van der Waals surface area contributed by atoms with Gasteiger partial charge in [-0.1, -0.05) is 204 Å². The molecule has 56 heavy (non-hydrogen) atoms. The van der Waals surface area contributed by atoms with Crippen LogP contribution in [0.3, 0.4) is 0 Å². The Hall–Kier alpha value is -2.89. The Bertz CT molecular complexity index is 1040. The molecule has 322 valence electrons. The SMILES string of the molecule is CC/C=C\C/C=C\C/C=C\C/C=C\C/C=C\CCCC(=O)OCC(COC(=O)CCCCCCCCCCCC)OC(=O)CCCCCCCCCCCCC. The van der Waals surface area contributed by atoms with Gasteiger partial charge in [-0.05, 0) is 57.8 Å². The third-order valence-corrected chi connectivity index (χ3v) is 9.79. The Labute approximate surface area is 345 Å². The molecule has 0 aliphatic heterocycles. The topological polar surface area (TPSA) is 78.9 Å². The van der Waals surface area contributed by atoms with E-state index in [1.165, 1.54) is 96.3 Å². The summed E-state index contributed by atoms with van der Waals surface area (Å²) >= 11 is 0. The Kier molecular flexibility index (Phi) is 42.5. The predicted octanol–water partition coefficient (Wildman–Crippen LogP) is 14.9. The van der Waals surface area contributed by atoms with Gasteiger partial charge in [0, 0.05) is 19.3 Å². The first kappa shape index (κ1) is 53.1. The van der Waals surface area contributed by atoms with Crippen LogP contribution in [0.5, 0.6) is 0 Å². The number of hydrogen-bond acceptors (Lipinski definition) is 6. The van der Waals surface area contributed by atoms with E-state index in [4.69, 9.17) is 14.2 Å². The first-order valence-corrected chi connectivity index (χ1v) is 23.3. The molecule has 6 heteroatoms. The average Bonchev–Trinajstić information content (AvgIpc) is 3.19. The average molecular weight is 783 g/mol. The number of ether oxygens (including phenoxy) is 3. The minimum absolute atomic E-state index is 0.0894. The highest BCUT2D eigenvalue weighted by molar-refractivity contribution is 5.71. The maximum atomic E-state index is 12.7. The number of unbranched alkanes of at least 4 members (excludes halogenated alkanes) is 20. The van der Waals surface area contributed by atoms with Crippen molar-refractivity contribution < 1.29 is 28.6 Å². The van der Waals surface area contributed by atoms with Crippen LogP contribution in [0.2, 0.25) is 0 Å². The molecule has 6 nitrogen and oxygen atoms in total. The van der Waals surface area contributed by atoms with E-state index in [0.29, 0.717) is 19.3 Å². The third-order valence-electron chi connectivity index (χ3n) is 9.79. The molecule has 0 aliphatic carbocycles. The second-order valence-electron chi connectivity index (χ2n) is 15.3. The molecule has 0 saturated carbocycles. The summed E-state index contributed by atoms with van der Waals surface area (Å²) in [5.41, 5.74) is 0. The zero-order valence-corrected chi connectivity index (χ0v) is 36.6. The summed E-state index contributed by atoms with van der Waals surface area (Å²) in [5.74, 6) is -0.953. The Morgan fingerprint density at radius 1 is 0.375 bits per heavy atom. The Morgan fingerprint density at radius 2 is 0.696 bits per heavy atom. The lowest BCUT2D eigenvalue weighted by atomic mass is 10.1. The first-order valence-electron chi connectivity index (χ1n) is 23.3. The van der Waals surface area contributed by atoms with Gasteiger partial charge < -0.3 is 14.2 Å². The second-order valence-corrected chi connectivity index (χ2v) is 15.3. The lowest BCUT2D eigenvalue weighted by Crippen LogP contribution is -2.30. The third kappa shape index (κ3) is 42.3. The van der Waals surface area contributed by atoms with Crippen LogP contribution < -0.4 is 0 Å². The minimum atomic E-state index is -0.790. The molecule has 0 aromatic heterocycles. The van der Waals surface area contributed by atoms with E-state index in [9.17, 15) is 14.4 Å². The van der Waals surface area contributed by atoms with Gasteiger partial charge in [0.15, 0.2) is 6.10 Å². The monoisotopic (exact) mass is 783 g/mol. The van der Waals surface area contributed by atoms with E-state index >= 15 is 0 Å². The van der Waals surface area contributed by atoms with Gasteiger partial charge in [-0.2, -0.15) is 0 Å². The zero-order valence-electron chi connectivity index (χ0n) is 36.6. The van der Waals surface area contributed by atoms with E-state index in [1.807, 2.05) is 0 Å². The van der Waals surface area contributed by atoms with Crippen molar-refractivity contribution in [2.24, 2.45) is 0 Å². The fraction of sp³-hybridized carbons (Fsp3) is 0.740.